The molecule has 1 amide bonds. The van der Waals surface area contributed by atoms with Gasteiger partial charge in [-0.2, -0.15) is 0 Å². The third-order valence-electron chi connectivity index (χ3n) is 3.92. The van der Waals surface area contributed by atoms with E-state index in [0.717, 1.165) is 24.5 Å². The number of likely N-dealkylation sites (tertiary alicyclic amines) is 1. The van der Waals surface area contributed by atoms with Crippen LogP contribution >= 0.6 is 0 Å². The van der Waals surface area contributed by atoms with E-state index in [1.165, 1.54) is 0 Å². The first-order chi connectivity index (χ1) is 11.7. The van der Waals surface area contributed by atoms with Crippen molar-refractivity contribution in [1.29, 1.82) is 0 Å². The van der Waals surface area contributed by atoms with Crippen LogP contribution in [-0.2, 0) is 4.79 Å². The minimum absolute atomic E-state index is 0.116. The van der Waals surface area contributed by atoms with Crippen LogP contribution in [-0.4, -0.2) is 57.4 Å². The molecular weight excluding hydrogens is 306 g/mol. The molecule has 2 aromatic rings. The third kappa shape index (κ3) is 3.83. The van der Waals surface area contributed by atoms with Crippen molar-refractivity contribution < 1.29 is 4.79 Å². The number of rotatable bonds is 5. The summed E-state index contributed by atoms with van der Waals surface area (Å²) < 4.78 is 0. The number of amides is 1. The van der Waals surface area contributed by atoms with Gasteiger partial charge in [0.2, 0.25) is 5.91 Å². The van der Waals surface area contributed by atoms with E-state index in [1.807, 2.05) is 17.9 Å². The summed E-state index contributed by atoms with van der Waals surface area (Å²) in [6, 6.07) is 1.87. The lowest BCUT2D eigenvalue weighted by atomic mass is 10.1. The predicted molar refractivity (Wildman–Crippen MR) is 89.9 cm³/mol. The van der Waals surface area contributed by atoms with Gasteiger partial charge in [0.1, 0.15) is 17.5 Å². The van der Waals surface area contributed by atoms with E-state index in [1.54, 1.807) is 25.6 Å². The van der Waals surface area contributed by atoms with Crippen molar-refractivity contribution in [3.63, 3.8) is 0 Å². The Kier molecular flexibility index (Phi) is 4.95. The Bertz CT molecular complexity index is 707. The molecule has 2 aromatic heterocycles. The number of nitrogens with one attached hydrogen (secondary N) is 2. The van der Waals surface area contributed by atoms with Crippen LogP contribution < -0.4 is 10.6 Å². The Morgan fingerprint density at radius 2 is 2.21 bits per heavy atom. The number of anilines is 2. The lowest BCUT2D eigenvalue weighted by molar-refractivity contribution is -0.129. The second-order valence-electron chi connectivity index (χ2n) is 5.82. The number of aryl methyl sites for hydroxylation is 1. The highest BCUT2D eigenvalue weighted by Crippen LogP contribution is 2.26. The van der Waals surface area contributed by atoms with Gasteiger partial charge in [-0.05, 0) is 20.4 Å². The maximum absolute atomic E-state index is 12.0. The number of carbonyl (C=O) groups is 1. The normalized spacial score (nSPS) is 17.1. The van der Waals surface area contributed by atoms with Crippen LogP contribution in [0.5, 0.6) is 0 Å². The fourth-order valence-corrected chi connectivity index (χ4v) is 2.79. The molecule has 0 aliphatic carbocycles. The Labute approximate surface area is 140 Å². The molecule has 2 N–H and O–H groups in total. The first kappa shape index (κ1) is 16.3. The Hall–Kier alpha value is -2.61. The van der Waals surface area contributed by atoms with Crippen LogP contribution in [0.2, 0.25) is 0 Å². The Morgan fingerprint density at radius 3 is 2.96 bits per heavy atom. The molecule has 3 heterocycles. The van der Waals surface area contributed by atoms with E-state index in [2.05, 4.69) is 30.6 Å². The summed E-state index contributed by atoms with van der Waals surface area (Å²) in [5, 5.41) is 6.05. The van der Waals surface area contributed by atoms with Crippen LogP contribution in [0.4, 0.5) is 11.6 Å². The molecule has 1 atom stereocenters. The summed E-state index contributed by atoms with van der Waals surface area (Å²) in [6.07, 6.45) is 5.77. The van der Waals surface area contributed by atoms with E-state index < -0.39 is 0 Å². The van der Waals surface area contributed by atoms with Crippen LogP contribution in [0, 0.1) is 6.92 Å². The zero-order chi connectivity index (χ0) is 16.9. The predicted octanol–water partition coefficient (Wildman–Crippen LogP) is 0.854. The average Bonchev–Trinajstić information content (AvgIpc) is 3.06. The van der Waals surface area contributed by atoms with Crippen molar-refractivity contribution >= 4 is 17.5 Å². The average molecular weight is 327 g/mol. The minimum Gasteiger partial charge on any atom is -0.341 e. The summed E-state index contributed by atoms with van der Waals surface area (Å²) in [4.78, 5) is 31.2. The molecule has 1 aliphatic rings. The van der Waals surface area contributed by atoms with E-state index >= 15 is 0 Å². The Morgan fingerprint density at radius 1 is 1.33 bits per heavy atom. The topological polar surface area (TPSA) is 95.9 Å². The molecule has 0 aromatic carbocycles. The van der Waals surface area contributed by atoms with Gasteiger partial charge in [-0.1, -0.05) is 0 Å². The molecule has 0 radical (unpaired) electrons. The van der Waals surface area contributed by atoms with Gasteiger partial charge in [-0.15, -0.1) is 0 Å². The van der Waals surface area contributed by atoms with Crippen LogP contribution in [0.25, 0.3) is 0 Å². The zero-order valence-electron chi connectivity index (χ0n) is 13.9. The molecule has 3 rings (SSSR count). The maximum atomic E-state index is 12.0. The standard InChI is InChI=1S/C16H21N7O/c1-11-7-13(21-14-8-18-4-5-19-14)22-16(20-11)12-3-6-23(10-12)15(24)9-17-2/h4-5,7-8,12,17H,3,6,9-10H2,1-2H3,(H,19,20,21,22)/t12-/m0/s1. The number of hydrogen-bond donors (Lipinski definition) is 2. The second kappa shape index (κ2) is 7.31. The van der Waals surface area contributed by atoms with Crippen molar-refractivity contribution in [2.75, 3.05) is 32.0 Å². The van der Waals surface area contributed by atoms with Crippen LogP contribution in [0.3, 0.4) is 0 Å². The van der Waals surface area contributed by atoms with Gasteiger partial charge in [-0.25, -0.2) is 15.0 Å². The summed E-state index contributed by atoms with van der Waals surface area (Å²) in [7, 11) is 1.78. The molecule has 126 valence electrons. The third-order valence-corrected chi connectivity index (χ3v) is 3.92. The van der Waals surface area contributed by atoms with Crippen molar-refractivity contribution in [1.82, 2.24) is 30.2 Å². The van der Waals surface area contributed by atoms with Crippen molar-refractivity contribution in [2.24, 2.45) is 0 Å². The minimum atomic E-state index is 0.116. The number of carbonyl (C=O) groups excluding carboxylic acids is 1. The lowest BCUT2D eigenvalue weighted by Crippen LogP contribution is -2.35. The highest BCUT2D eigenvalue weighted by Gasteiger charge is 2.29. The lowest BCUT2D eigenvalue weighted by Gasteiger charge is -2.16. The van der Waals surface area contributed by atoms with Crippen molar-refractivity contribution in [2.45, 2.75) is 19.3 Å². The maximum Gasteiger partial charge on any atom is 0.236 e. The molecule has 8 nitrogen and oxygen atoms in total. The number of likely N-dealkylation sites (N-methyl/N-ethyl adjacent to an activating group) is 1. The number of aromatic nitrogens is 4. The van der Waals surface area contributed by atoms with E-state index in [0.29, 0.717) is 24.7 Å². The summed E-state index contributed by atoms with van der Waals surface area (Å²) in [5.41, 5.74) is 0.881. The zero-order valence-corrected chi connectivity index (χ0v) is 13.9. The van der Waals surface area contributed by atoms with E-state index in [9.17, 15) is 4.79 Å². The molecule has 0 bridgehead atoms. The van der Waals surface area contributed by atoms with Crippen LogP contribution in [0.1, 0.15) is 23.9 Å². The molecule has 1 aliphatic heterocycles. The molecule has 8 heteroatoms. The second-order valence-corrected chi connectivity index (χ2v) is 5.82. The Balaban J connectivity index is 1.73. The van der Waals surface area contributed by atoms with Crippen LogP contribution in [0.15, 0.2) is 24.7 Å². The SMILES string of the molecule is CNCC(=O)N1CC[C@H](c2nc(C)cc(Nc3cnccn3)n2)C1. The largest absolute Gasteiger partial charge is 0.341 e. The van der Waals surface area contributed by atoms with Crippen molar-refractivity contribution in [3.8, 4) is 0 Å². The van der Waals surface area contributed by atoms with Gasteiger partial charge < -0.3 is 15.5 Å². The smallest absolute Gasteiger partial charge is 0.236 e. The molecule has 1 fully saturated rings. The van der Waals surface area contributed by atoms with Gasteiger partial charge >= 0.3 is 0 Å². The van der Waals surface area contributed by atoms with E-state index in [4.69, 9.17) is 0 Å². The van der Waals surface area contributed by atoms with Gasteiger partial charge in [0.05, 0.1) is 12.7 Å². The van der Waals surface area contributed by atoms with Crippen molar-refractivity contribution in [3.05, 3.63) is 36.2 Å². The van der Waals surface area contributed by atoms with Gasteiger partial charge in [0.25, 0.3) is 0 Å². The highest BCUT2D eigenvalue weighted by atomic mass is 16.2. The first-order valence-electron chi connectivity index (χ1n) is 7.96. The van der Waals surface area contributed by atoms with E-state index in [-0.39, 0.29) is 11.8 Å². The molecule has 0 spiro atoms. The fraction of sp³-hybridized carbons (Fsp3) is 0.438. The summed E-state index contributed by atoms with van der Waals surface area (Å²) in [5.74, 6) is 2.37. The summed E-state index contributed by atoms with van der Waals surface area (Å²) in [6.45, 7) is 3.71. The summed E-state index contributed by atoms with van der Waals surface area (Å²) >= 11 is 0. The highest BCUT2D eigenvalue weighted by molar-refractivity contribution is 5.78. The van der Waals surface area contributed by atoms with Gasteiger partial charge in [0, 0.05) is 43.2 Å². The monoisotopic (exact) mass is 327 g/mol. The number of nitrogens with zero attached hydrogens (tertiary/aromatic N) is 5. The molecule has 24 heavy (non-hydrogen) atoms. The van der Waals surface area contributed by atoms with Gasteiger partial charge in [0.15, 0.2) is 0 Å². The molecule has 0 saturated carbocycles. The fourth-order valence-electron chi connectivity index (χ4n) is 2.79. The first-order valence-corrected chi connectivity index (χ1v) is 7.96. The molecule has 0 unspecified atom stereocenters. The quantitative estimate of drug-likeness (QED) is 0.840. The van der Waals surface area contributed by atoms with Gasteiger partial charge in [-0.3, -0.25) is 9.78 Å². The number of hydrogen-bond acceptors (Lipinski definition) is 7. The molecule has 1 saturated heterocycles. The molecular formula is C16H21N7O.